The SMILES string of the molecule is C/C(=C/C(=O)C(F)(F)F)Nc1cc(C)ccc1O. The van der Waals surface area contributed by atoms with Crippen molar-refractivity contribution in [1.29, 1.82) is 0 Å². The second kappa shape index (κ2) is 5.12. The molecule has 0 bridgehead atoms. The third-order valence-electron chi connectivity index (χ3n) is 2.11. The molecule has 0 amide bonds. The number of halogens is 3. The maximum absolute atomic E-state index is 12.0. The molecule has 0 atom stereocenters. The normalized spacial score (nSPS) is 12.4. The number of benzene rings is 1. The molecule has 3 nitrogen and oxygen atoms in total. The quantitative estimate of drug-likeness (QED) is 0.647. The number of aromatic hydroxyl groups is 1. The van der Waals surface area contributed by atoms with Gasteiger partial charge < -0.3 is 10.4 Å². The van der Waals surface area contributed by atoms with E-state index in [-0.39, 0.29) is 17.1 Å². The first-order chi connectivity index (χ1) is 8.20. The Morgan fingerprint density at radius 3 is 2.56 bits per heavy atom. The van der Waals surface area contributed by atoms with Crippen LogP contribution in [0.5, 0.6) is 5.75 Å². The van der Waals surface area contributed by atoms with E-state index in [1.165, 1.54) is 13.0 Å². The fraction of sp³-hybridized carbons (Fsp3) is 0.250. The van der Waals surface area contributed by atoms with Gasteiger partial charge in [0.25, 0.3) is 5.78 Å². The van der Waals surface area contributed by atoms with Crippen LogP contribution in [0, 0.1) is 6.92 Å². The zero-order valence-electron chi connectivity index (χ0n) is 9.80. The maximum atomic E-state index is 12.0. The molecule has 1 aromatic carbocycles. The number of carbonyl (C=O) groups excluding carboxylic acids is 1. The number of nitrogens with one attached hydrogen (secondary N) is 1. The molecular formula is C12H12F3NO2. The lowest BCUT2D eigenvalue weighted by Crippen LogP contribution is -2.21. The molecule has 98 valence electrons. The smallest absolute Gasteiger partial charge is 0.454 e. The van der Waals surface area contributed by atoms with Gasteiger partial charge in [-0.1, -0.05) is 6.07 Å². The first-order valence-electron chi connectivity index (χ1n) is 5.06. The third kappa shape index (κ3) is 3.80. The molecule has 0 spiro atoms. The van der Waals surface area contributed by atoms with Gasteiger partial charge in [0.15, 0.2) is 0 Å². The van der Waals surface area contributed by atoms with Gasteiger partial charge in [0, 0.05) is 11.8 Å². The van der Waals surface area contributed by atoms with Crippen molar-refractivity contribution in [1.82, 2.24) is 0 Å². The van der Waals surface area contributed by atoms with Crippen LogP contribution in [0.4, 0.5) is 18.9 Å². The summed E-state index contributed by atoms with van der Waals surface area (Å²) in [5.41, 5.74) is 1.07. The Morgan fingerprint density at radius 1 is 1.39 bits per heavy atom. The third-order valence-corrected chi connectivity index (χ3v) is 2.11. The molecule has 0 fully saturated rings. The molecule has 0 aliphatic heterocycles. The van der Waals surface area contributed by atoms with E-state index in [2.05, 4.69) is 5.32 Å². The minimum absolute atomic E-state index is 0.00164. The summed E-state index contributed by atoms with van der Waals surface area (Å²) in [5.74, 6) is -2.05. The molecule has 0 saturated heterocycles. The number of hydrogen-bond donors (Lipinski definition) is 2. The number of ketones is 1. The Bertz CT molecular complexity index is 493. The Morgan fingerprint density at radius 2 is 2.00 bits per heavy atom. The van der Waals surface area contributed by atoms with Gasteiger partial charge >= 0.3 is 6.18 Å². The van der Waals surface area contributed by atoms with E-state index >= 15 is 0 Å². The number of carbonyl (C=O) groups is 1. The van der Waals surface area contributed by atoms with Gasteiger partial charge in [-0.05, 0) is 31.5 Å². The standard InChI is InChI=1S/C12H12F3NO2/c1-7-3-4-10(17)9(5-7)16-8(2)6-11(18)12(13,14)15/h3-6,16-17H,1-2H3/b8-6-. The monoisotopic (exact) mass is 259 g/mol. The molecule has 1 rings (SSSR count). The van der Waals surface area contributed by atoms with Crippen molar-refractivity contribution in [3.05, 3.63) is 35.5 Å². The largest absolute Gasteiger partial charge is 0.506 e. The van der Waals surface area contributed by atoms with Crippen LogP contribution >= 0.6 is 0 Å². The van der Waals surface area contributed by atoms with E-state index in [4.69, 9.17) is 0 Å². The first kappa shape index (κ1) is 14.1. The average Bonchev–Trinajstić information content (AvgIpc) is 2.22. The number of phenolic OH excluding ortho intramolecular Hbond substituents is 1. The highest BCUT2D eigenvalue weighted by molar-refractivity contribution is 5.95. The summed E-state index contributed by atoms with van der Waals surface area (Å²) in [6.07, 6.45) is -4.45. The molecule has 0 radical (unpaired) electrons. The predicted octanol–water partition coefficient (Wildman–Crippen LogP) is 3.15. The van der Waals surface area contributed by atoms with Crippen LogP contribution in [0.25, 0.3) is 0 Å². The second-order valence-corrected chi connectivity index (χ2v) is 3.83. The molecule has 0 saturated carbocycles. The van der Waals surface area contributed by atoms with Crippen molar-refractivity contribution in [2.24, 2.45) is 0 Å². The highest BCUT2D eigenvalue weighted by atomic mass is 19.4. The molecule has 2 N–H and O–H groups in total. The number of aryl methyl sites for hydroxylation is 1. The average molecular weight is 259 g/mol. The Hall–Kier alpha value is -1.98. The van der Waals surface area contributed by atoms with Gasteiger partial charge in [-0.25, -0.2) is 0 Å². The Kier molecular flexibility index (Phi) is 4.00. The molecule has 0 aromatic heterocycles. The van der Waals surface area contributed by atoms with Gasteiger partial charge in [0.2, 0.25) is 0 Å². The van der Waals surface area contributed by atoms with Gasteiger partial charge in [-0.3, -0.25) is 4.79 Å². The van der Waals surface area contributed by atoms with Gasteiger partial charge in [0.05, 0.1) is 5.69 Å². The molecule has 0 unspecified atom stereocenters. The van der Waals surface area contributed by atoms with Gasteiger partial charge in [-0.15, -0.1) is 0 Å². The maximum Gasteiger partial charge on any atom is 0.454 e. The summed E-state index contributed by atoms with van der Waals surface area (Å²) < 4.78 is 36.1. The highest BCUT2D eigenvalue weighted by Gasteiger charge is 2.36. The Labute approximate surface area is 102 Å². The summed E-state index contributed by atoms with van der Waals surface area (Å²) in [7, 11) is 0. The molecule has 6 heteroatoms. The predicted molar refractivity (Wildman–Crippen MR) is 61.3 cm³/mol. The number of rotatable bonds is 3. The summed E-state index contributed by atoms with van der Waals surface area (Å²) in [6.45, 7) is 3.08. The summed E-state index contributed by atoms with van der Waals surface area (Å²) in [4.78, 5) is 10.7. The van der Waals surface area contributed by atoms with E-state index in [0.29, 0.717) is 6.08 Å². The van der Waals surface area contributed by atoms with Crippen LogP contribution in [-0.4, -0.2) is 17.1 Å². The number of hydrogen-bond acceptors (Lipinski definition) is 3. The summed E-state index contributed by atoms with van der Waals surface area (Å²) in [6, 6.07) is 4.63. The van der Waals surface area contributed by atoms with Crippen LogP contribution < -0.4 is 5.32 Å². The van der Waals surface area contributed by atoms with Crippen LogP contribution in [0.1, 0.15) is 12.5 Å². The van der Waals surface area contributed by atoms with Crippen molar-refractivity contribution in [3.63, 3.8) is 0 Å². The molecule has 1 aromatic rings. The number of phenols is 1. The minimum Gasteiger partial charge on any atom is -0.506 e. The topological polar surface area (TPSA) is 49.3 Å². The van der Waals surface area contributed by atoms with E-state index < -0.39 is 12.0 Å². The minimum atomic E-state index is -4.89. The molecule has 0 aliphatic rings. The number of anilines is 1. The number of allylic oxidation sites excluding steroid dienone is 2. The van der Waals surface area contributed by atoms with Crippen molar-refractivity contribution in [2.45, 2.75) is 20.0 Å². The zero-order valence-corrected chi connectivity index (χ0v) is 9.80. The van der Waals surface area contributed by atoms with Crippen molar-refractivity contribution < 1.29 is 23.1 Å². The van der Waals surface area contributed by atoms with Crippen molar-refractivity contribution in [3.8, 4) is 5.75 Å². The molecular weight excluding hydrogens is 247 g/mol. The van der Waals surface area contributed by atoms with Crippen LogP contribution in [0.2, 0.25) is 0 Å². The van der Waals surface area contributed by atoms with E-state index in [0.717, 1.165) is 5.56 Å². The van der Waals surface area contributed by atoms with Crippen molar-refractivity contribution in [2.75, 3.05) is 5.32 Å². The second-order valence-electron chi connectivity index (χ2n) is 3.83. The van der Waals surface area contributed by atoms with Crippen LogP contribution in [0.15, 0.2) is 30.0 Å². The summed E-state index contributed by atoms with van der Waals surface area (Å²) >= 11 is 0. The highest BCUT2D eigenvalue weighted by Crippen LogP contribution is 2.25. The molecule has 18 heavy (non-hydrogen) atoms. The molecule has 0 heterocycles. The summed E-state index contributed by atoms with van der Waals surface area (Å²) in [5, 5.41) is 12.0. The van der Waals surface area contributed by atoms with Crippen molar-refractivity contribution >= 4 is 11.5 Å². The van der Waals surface area contributed by atoms with Crippen LogP contribution in [0.3, 0.4) is 0 Å². The Balaban J connectivity index is 2.88. The lowest BCUT2D eigenvalue weighted by atomic mass is 10.2. The molecule has 0 aliphatic carbocycles. The zero-order chi connectivity index (χ0) is 13.9. The van der Waals surface area contributed by atoms with Crippen LogP contribution in [-0.2, 0) is 4.79 Å². The van der Waals surface area contributed by atoms with E-state index in [9.17, 15) is 23.1 Å². The van der Waals surface area contributed by atoms with E-state index in [1.54, 1.807) is 19.1 Å². The fourth-order valence-corrected chi connectivity index (χ4v) is 1.28. The lowest BCUT2D eigenvalue weighted by molar-refractivity contribution is -0.165. The number of alkyl halides is 3. The first-order valence-corrected chi connectivity index (χ1v) is 5.06. The lowest BCUT2D eigenvalue weighted by Gasteiger charge is -2.10. The fourth-order valence-electron chi connectivity index (χ4n) is 1.28. The van der Waals surface area contributed by atoms with E-state index in [1.807, 2.05) is 0 Å². The van der Waals surface area contributed by atoms with Gasteiger partial charge in [-0.2, -0.15) is 13.2 Å². The van der Waals surface area contributed by atoms with Gasteiger partial charge in [0.1, 0.15) is 5.75 Å².